The van der Waals surface area contributed by atoms with Crippen molar-refractivity contribution in [2.24, 2.45) is 0 Å². The summed E-state index contributed by atoms with van der Waals surface area (Å²) in [7, 11) is 0. The number of fused-ring (bicyclic) bond motifs is 11. The monoisotopic (exact) mass is 478 g/mol. The molecule has 2 bridgehead atoms. The number of hydrogen-bond acceptors (Lipinski definition) is 6. The number of nitro benzene ring substituents is 1. The van der Waals surface area contributed by atoms with Crippen molar-refractivity contribution in [3.8, 4) is 5.75 Å². The maximum atomic E-state index is 13.5. The Morgan fingerprint density at radius 3 is 2.46 bits per heavy atom. The zero-order chi connectivity index (χ0) is 25.2. The van der Waals surface area contributed by atoms with Gasteiger partial charge in [-0.3, -0.25) is 24.6 Å². The minimum absolute atomic E-state index is 0.0793. The number of ether oxygens (including phenoxy) is 1. The minimum Gasteiger partial charge on any atom is -0.485 e. The average Bonchev–Trinajstić information content (AvgIpc) is 2.84. The Bertz CT molecular complexity index is 1060. The standard InChI is InChI=1S/C26H30N4O5/c1-3-14-29(15-4-2)23-18-35-24-11-10-20(17-22(24)30(33)34)12-13-27-25(31)21(28-26(23)32)16-19-8-6-5-7-9-19/h3-11,17,21,23H,1-2,12-16,18H2,(H,27,31)(H,28,32)/t21-,23-/m0/s1. The molecular formula is C26H30N4O5. The van der Waals surface area contributed by atoms with Crippen molar-refractivity contribution >= 4 is 17.5 Å². The fourth-order valence-electron chi connectivity index (χ4n) is 3.94. The molecule has 2 atom stereocenters. The van der Waals surface area contributed by atoms with Gasteiger partial charge in [0.1, 0.15) is 18.7 Å². The zero-order valence-electron chi connectivity index (χ0n) is 19.5. The highest BCUT2D eigenvalue weighted by molar-refractivity contribution is 5.90. The molecule has 2 heterocycles. The first-order valence-electron chi connectivity index (χ1n) is 11.4. The summed E-state index contributed by atoms with van der Waals surface area (Å²) in [5, 5.41) is 17.4. The van der Waals surface area contributed by atoms with Crippen LogP contribution in [0.3, 0.4) is 0 Å². The number of nitrogens with one attached hydrogen (secondary N) is 2. The van der Waals surface area contributed by atoms with Crippen LogP contribution in [0.4, 0.5) is 5.69 Å². The number of carbonyl (C=O) groups is 2. The predicted octanol–water partition coefficient (Wildman–Crippen LogP) is 2.42. The molecule has 0 aromatic heterocycles. The molecule has 9 nitrogen and oxygen atoms in total. The van der Waals surface area contributed by atoms with Crippen LogP contribution in [0.5, 0.6) is 5.75 Å². The number of hydrogen-bond donors (Lipinski definition) is 2. The highest BCUT2D eigenvalue weighted by Gasteiger charge is 2.31. The number of rotatable bonds is 8. The smallest absolute Gasteiger partial charge is 0.311 e. The Morgan fingerprint density at radius 2 is 1.80 bits per heavy atom. The first-order valence-corrected chi connectivity index (χ1v) is 11.4. The van der Waals surface area contributed by atoms with E-state index in [9.17, 15) is 19.7 Å². The maximum absolute atomic E-state index is 13.5. The van der Waals surface area contributed by atoms with Crippen molar-refractivity contribution in [2.75, 3.05) is 26.2 Å². The second-order valence-corrected chi connectivity index (χ2v) is 8.21. The number of benzene rings is 2. The molecule has 0 spiro atoms. The third kappa shape index (κ3) is 7.00. The summed E-state index contributed by atoms with van der Waals surface area (Å²) < 4.78 is 5.82. The molecule has 0 radical (unpaired) electrons. The second kappa shape index (κ2) is 12.5. The van der Waals surface area contributed by atoms with Crippen LogP contribution in [0.1, 0.15) is 11.1 Å². The Morgan fingerprint density at radius 1 is 1.09 bits per heavy atom. The molecule has 2 aliphatic heterocycles. The number of carbonyl (C=O) groups excluding carboxylic acids is 2. The van der Waals surface area contributed by atoms with Gasteiger partial charge in [0.25, 0.3) is 0 Å². The van der Waals surface area contributed by atoms with E-state index in [1.165, 1.54) is 12.1 Å². The summed E-state index contributed by atoms with van der Waals surface area (Å²) in [6, 6.07) is 12.5. The highest BCUT2D eigenvalue weighted by atomic mass is 16.6. The van der Waals surface area contributed by atoms with Crippen molar-refractivity contribution in [3.05, 3.63) is 95.1 Å². The molecule has 2 aliphatic rings. The predicted molar refractivity (Wildman–Crippen MR) is 133 cm³/mol. The third-order valence-electron chi connectivity index (χ3n) is 5.72. The van der Waals surface area contributed by atoms with Crippen LogP contribution < -0.4 is 15.4 Å². The van der Waals surface area contributed by atoms with Crippen molar-refractivity contribution in [3.63, 3.8) is 0 Å². The van der Waals surface area contributed by atoms with E-state index in [-0.39, 0.29) is 30.5 Å². The first-order chi connectivity index (χ1) is 16.9. The molecule has 2 amide bonds. The van der Waals surface area contributed by atoms with Crippen LogP contribution in [0.25, 0.3) is 0 Å². The average molecular weight is 479 g/mol. The van der Waals surface area contributed by atoms with Crippen LogP contribution in [-0.4, -0.2) is 60.0 Å². The molecule has 2 aromatic rings. The Hall–Kier alpha value is -3.98. The lowest BCUT2D eigenvalue weighted by Crippen LogP contribution is -2.56. The van der Waals surface area contributed by atoms with Crippen LogP contribution in [-0.2, 0) is 22.4 Å². The van der Waals surface area contributed by atoms with E-state index in [1.807, 2.05) is 30.3 Å². The summed E-state index contributed by atoms with van der Waals surface area (Å²) in [5.74, 6) is -0.680. The summed E-state index contributed by atoms with van der Waals surface area (Å²) in [6.45, 7) is 8.31. The van der Waals surface area contributed by atoms with Crippen molar-refractivity contribution < 1.29 is 19.2 Å². The molecule has 4 rings (SSSR count). The molecule has 0 saturated carbocycles. The number of nitro groups is 1. The SMILES string of the molecule is C=CCN(CC=C)[C@H]1COc2ccc(cc2[N+](=O)[O-])CCNC(=O)[C@H](Cc2ccccc2)NC1=O. The van der Waals surface area contributed by atoms with Gasteiger partial charge in [-0.05, 0) is 23.6 Å². The molecule has 2 aromatic carbocycles. The van der Waals surface area contributed by atoms with Gasteiger partial charge in [-0.25, -0.2) is 0 Å². The van der Waals surface area contributed by atoms with Gasteiger partial charge in [0.05, 0.1) is 4.92 Å². The van der Waals surface area contributed by atoms with Crippen molar-refractivity contribution in [2.45, 2.75) is 24.9 Å². The van der Waals surface area contributed by atoms with Crippen LogP contribution in [0, 0.1) is 10.1 Å². The van der Waals surface area contributed by atoms with E-state index in [0.29, 0.717) is 31.5 Å². The van der Waals surface area contributed by atoms with Gasteiger partial charge in [0, 0.05) is 32.1 Å². The summed E-state index contributed by atoms with van der Waals surface area (Å²) in [6.07, 6.45) is 4.00. The molecule has 0 saturated heterocycles. The fraction of sp³-hybridized carbons (Fsp3) is 0.308. The Balaban J connectivity index is 1.97. The molecule has 0 aliphatic carbocycles. The molecule has 0 unspecified atom stereocenters. The maximum Gasteiger partial charge on any atom is 0.311 e. The topological polar surface area (TPSA) is 114 Å². The number of amides is 2. The third-order valence-corrected chi connectivity index (χ3v) is 5.72. The molecular weight excluding hydrogens is 448 g/mol. The van der Waals surface area contributed by atoms with Gasteiger partial charge in [-0.2, -0.15) is 0 Å². The molecule has 35 heavy (non-hydrogen) atoms. The van der Waals surface area contributed by atoms with Crippen LogP contribution >= 0.6 is 0 Å². The van der Waals surface area contributed by atoms with E-state index >= 15 is 0 Å². The largest absolute Gasteiger partial charge is 0.485 e. The Kier molecular flexibility index (Phi) is 9.14. The lowest BCUT2D eigenvalue weighted by molar-refractivity contribution is -0.386. The lowest BCUT2D eigenvalue weighted by Gasteiger charge is -2.30. The quantitative estimate of drug-likeness (QED) is 0.342. The first kappa shape index (κ1) is 25.6. The fourth-order valence-corrected chi connectivity index (χ4v) is 3.94. The van der Waals surface area contributed by atoms with Gasteiger partial charge < -0.3 is 15.4 Å². The highest BCUT2D eigenvalue weighted by Crippen LogP contribution is 2.28. The van der Waals surface area contributed by atoms with E-state index < -0.39 is 22.9 Å². The summed E-state index contributed by atoms with van der Waals surface area (Å²) in [4.78, 5) is 39.5. The molecule has 184 valence electrons. The van der Waals surface area contributed by atoms with E-state index in [4.69, 9.17) is 4.74 Å². The van der Waals surface area contributed by atoms with Gasteiger partial charge in [-0.1, -0.05) is 48.6 Å². The van der Waals surface area contributed by atoms with Crippen LogP contribution in [0.15, 0.2) is 73.8 Å². The van der Waals surface area contributed by atoms with Gasteiger partial charge >= 0.3 is 5.69 Å². The minimum atomic E-state index is -0.848. The van der Waals surface area contributed by atoms with Gasteiger partial charge in [0.15, 0.2) is 5.75 Å². The second-order valence-electron chi connectivity index (χ2n) is 8.21. The zero-order valence-corrected chi connectivity index (χ0v) is 19.5. The molecule has 0 fully saturated rings. The Labute approximate surface area is 204 Å². The van der Waals surface area contributed by atoms with Crippen molar-refractivity contribution in [1.29, 1.82) is 0 Å². The van der Waals surface area contributed by atoms with E-state index in [0.717, 1.165) is 5.56 Å². The molecule has 2 N–H and O–H groups in total. The van der Waals surface area contributed by atoms with Crippen molar-refractivity contribution in [1.82, 2.24) is 15.5 Å². The van der Waals surface area contributed by atoms with E-state index in [2.05, 4.69) is 23.8 Å². The summed E-state index contributed by atoms with van der Waals surface area (Å²) in [5.41, 5.74) is 1.41. The van der Waals surface area contributed by atoms with Gasteiger partial charge in [0.2, 0.25) is 11.8 Å². The summed E-state index contributed by atoms with van der Waals surface area (Å²) >= 11 is 0. The normalized spacial score (nSPS) is 18.7. The number of nitrogens with zero attached hydrogens (tertiary/aromatic N) is 2. The molecule has 9 heteroatoms. The van der Waals surface area contributed by atoms with Crippen LogP contribution in [0.2, 0.25) is 0 Å². The van der Waals surface area contributed by atoms with E-state index in [1.54, 1.807) is 23.1 Å². The van der Waals surface area contributed by atoms with Gasteiger partial charge in [-0.15, -0.1) is 13.2 Å². The lowest BCUT2D eigenvalue weighted by atomic mass is 10.0.